The molecule has 0 aromatic carbocycles. The lowest BCUT2D eigenvalue weighted by Gasteiger charge is -2.30. The van der Waals surface area contributed by atoms with E-state index in [4.69, 9.17) is 11.5 Å². The molecule has 0 unspecified atom stereocenters. The summed E-state index contributed by atoms with van der Waals surface area (Å²) in [4.78, 5) is 23.1. The van der Waals surface area contributed by atoms with Crippen LogP contribution in [0, 0.1) is 5.41 Å². The summed E-state index contributed by atoms with van der Waals surface area (Å²) >= 11 is 0. The molecule has 0 saturated heterocycles. The van der Waals surface area contributed by atoms with E-state index in [1.807, 2.05) is 0 Å². The average Bonchev–Trinajstić information content (AvgIpc) is 2.44. The van der Waals surface area contributed by atoms with Crippen molar-refractivity contribution in [2.45, 2.75) is 90.9 Å². The van der Waals surface area contributed by atoms with E-state index < -0.39 is 5.41 Å². The van der Waals surface area contributed by atoms with Crippen LogP contribution in [0.15, 0.2) is 0 Å². The minimum Gasteiger partial charge on any atom is -0.370 e. The summed E-state index contributed by atoms with van der Waals surface area (Å²) in [6.07, 6.45) is 11.3. The molecule has 0 aliphatic carbocycles. The number of nitrogens with two attached hydrogens (primary N) is 2. The van der Waals surface area contributed by atoms with Crippen LogP contribution in [0.25, 0.3) is 0 Å². The van der Waals surface area contributed by atoms with Gasteiger partial charge in [-0.1, -0.05) is 65.2 Å². The van der Waals surface area contributed by atoms with Crippen molar-refractivity contribution >= 4 is 11.8 Å². The van der Waals surface area contributed by atoms with Crippen molar-refractivity contribution in [3.63, 3.8) is 0 Å². The molecule has 4 nitrogen and oxygen atoms in total. The number of primary amides is 2. The van der Waals surface area contributed by atoms with Crippen LogP contribution in [0.4, 0.5) is 0 Å². The zero-order valence-corrected chi connectivity index (χ0v) is 14.0. The van der Waals surface area contributed by atoms with Crippen LogP contribution < -0.4 is 11.5 Å². The van der Waals surface area contributed by atoms with Gasteiger partial charge in [0, 0.05) is 11.8 Å². The Hall–Kier alpha value is -1.06. The third kappa shape index (κ3) is 8.74. The van der Waals surface area contributed by atoms with Gasteiger partial charge in [-0.15, -0.1) is 0 Å². The average molecular weight is 298 g/mol. The summed E-state index contributed by atoms with van der Waals surface area (Å²) in [5, 5.41) is 0. The molecule has 0 bridgehead atoms. The number of hydrogen-bond acceptors (Lipinski definition) is 2. The second-order valence-electron chi connectivity index (χ2n) is 6.23. The second kappa shape index (κ2) is 11.6. The predicted molar refractivity (Wildman–Crippen MR) is 87.6 cm³/mol. The lowest BCUT2D eigenvalue weighted by atomic mass is 9.73. The van der Waals surface area contributed by atoms with Crippen molar-refractivity contribution in [1.82, 2.24) is 0 Å². The Morgan fingerprint density at radius 3 is 1.57 bits per heavy atom. The minimum atomic E-state index is -0.531. The SMILES string of the molecule is CCCCCCC(CCCCCC)(CCC(N)=O)C(N)=O. The quantitative estimate of drug-likeness (QED) is 0.479. The molecule has 21 heavy (non-hydrogen) atoms. The van der Waals surface area contributed by atoms with E-state index in [1.165, 1.54) is 25.7 Å². The number of hydrogen-bond donors (Lipinski definition) is 2. The topological polar surface area (TPSA) is 86.2 Å². The predicted octanol–water partition coefficient (Wildman–Crippen LogP) is 3.66. The van der Waals surface area contributed by atoms with Crippen molar-refractivity contribution in [3.8, 4) is 0 Å². The van der Waals surface area contributed by atoms with E-state index in [0.717, 1.165) is 38.5 Å². The summed E-state index contributed by atoms with van der Waals surface area (Å²) in [6.45, 7) is 4.33. The molecule has 0 atom stereocenters. The first-order valence-corrected chi connectivity index (χ1v) is 8.56. The molecule has 0 aliphatic heterocycles. The summed E-state index contributed by atoms with van der Waals surface area (Å²) in [6, 6.07) is 0. The normalized spacial score (nSPS) is 11.5. The number of rotatable bonds is 14. The molecule has 4 heteroatoms. The highest BCUT2D eigenvalue weighted by atomic mass is 16.1. The number of amides is 2. The third-order valence-electron chi connectivity index (χ3n) is 4.39. The Kier molecular flexibility index (Phi) is 11.0. The summed E-state index contributed by atoms with van der Waals surface area (Å²) < 4.78 is 0. The van der Waals surface area contributed by atoms with Crippen molar-refractivity contribution < 1.29 is 9.59 Å². The molecule has 0 aromatic rings. The molecule has 124 valence electrons. The molecule has 0 radical (unpaired) electrons. The van der Waals surface area contributed by atoms with E-state index in [2.05, 4.69) is 13.8 Å². The van der Waals surface area contributed by atoms with Gasteiger partial charge in [0.05, 0.1) is 0 Å². The molecule has 2 amide bonds. The molecule has 0 rings (SSSR count). The van der Waals surface area contributed by atoms with Gasteiger partial charge in [0.15, 0.2) is 0 Å². The fourth-order valence-corrected chi connectivity index (χ4v) is 2.89. The monoisotopic (exact) mass is 298 g/mol. The Balaban J connectivity index is 4.62. The summed E-state index contributed by atoms with van der Waals surface area (Å²) in [5.41, 5.74) is 10.4. The van der Waals surface area contributed by atoms with Gasteiger partial charge < -0.3 is 11.5 Å². The van der Waals surface area contributed by atoms with E-state index in [0.29, 0.717) is 6.42 Å². The van der Waals surface area contributed by atoms with Gasteiger partial charge in [-0.3, -0.25) is 9.59 Å². The maximum atomic E-state index is 12.0. The van der Waals surface area contributed by atoms with E-state index in [9.17, 15) is 9.59 Å². The minimum absolute atomic E-state index is 0.253. The van der Waals surface area contributed by atoms with Gasteiger partial charge in [0.25, 0.3) is 0 Å². The number of carbonyl (C=O) groups is 2. The Morgan fingerprint density at radius 1 is 0.762 bits per heavy atom. The summed E-state index contributed by atoms with van der Waals surface area (Å²) in [7, 11) is 0. The largest absolute Gasteiger partial charge is 0.370 e. The van der Waals surface area contributed by atoms with Crippen LogP contribution in [0.3, 0.4) is 0 Å². The molecule has 0 fully saturated rings. The molecular weight excluding hydrogens is 264 g/mol. The number of unbranched alkanes of at least 4 members (excludes halogenated alkanes) is 6. The summed E-state index contributed by atoms with van der Waals surface area (Å²) in [5.74, 6) is -0.598. The van der Waals surface area contributed by atoms with Crippen LogP contribution >= 0.6 is 0 Å². The fraction of sp³-hybridized carbons (Fsp3) is 0.882. The number of carbonyl (C=O) groups excluding carboxylic acids is 2. The first-order chi connectivity index (χ1) is 9.98. The Morgan fingerprint density at radius 2 is 1.24 bits per heavy atom. The Bertz CT molecular complexity index is 291. The van der Waals surface area contributed by atoms with Gasteiger partial charge in [-0.05, 0) is 19.3 Å². The van der Waals surface area contributed by atoms with E-state index >= 15 is 0 Å². The van der Waals surface area contributed by atoms with Crippen LogP contribution in [0.2, 0.25) is 0 Å². The molecule has 0 heterocycles. The van der Waals surface area contributed by atoms with Gasteiger partial charge in [-0.25, -0.2) is 0 Å². The second-order valence-corrected chi connectivity index (χ2v) is 6.23. The standard InChI is InChI=1S/C17H34N2O2/c1-3-5-7-9-12-17(16(19)21,14-11-15(18)20)13-10-8-6-4-2/h3-14H2,1-2H3,(H2,18,20)(H2,19,21). The lowest BCUT2D eigenvalue weighted by molar-refractivity contribution is -0.130. The molecule has 0 spiro atoms. The molecule has 4 N–H and O–H groups in total. The van der Waals surface area contributed by atoms with Crippen molar-refractivity contribution in [3.05, 3.63) is 0 Å². The first-order valence-electron chi connectivity index (χ1n) is 8.56. The van der Waals surface area contributed by atoms with Crippen molar-refractivity contribution in [1.29, 1.82) is 0 Å². The van der Waals surface area contributed by atoms with Crippen LogP contribution in [0.1, 0.15) is 90.9 Å². The van der Waals surface area contributed by atoms with Crippen LogP contribution in [0.5, 0.6) is 0 Å². The van der Waals surface area contributed by atoms with Gasteiger partial charge in [0.2, 0.25) is 11.8 Å². The molecule has 0 aromatic heterocycles. The maximum Gasteiger partial charge on any atom is 0.223 e. The van der Waals surface area contributed by atoms with Crippen LogP contribution in [-0.4, -0.2) is 11.8 Å². The van der Waals surface area contributed by atoms with Crippen molar-refractivity contribution in [2.75, 3.05) is 0 Å². The molecule has 0 aliphatic rings. The van der Waals surface area contributed by atoms with E-state index in [-0.39, 0.29) is 18.2 Å². The van der Waals surface area contributed by atoms with Crippen LogP contribution in [-0.2, 0) is 9.59 Å². The third-order valence-corrected chi connectivity index (χ3v) is 4.39. The highest BCUT2D eigenvalue weighted by molar-refractivity contribution is 5.82. The fourth-order valence-electron chi connectivity index (χ4n) is 2.89. The van der Waals surface area contributed by atoms with Gasteiger partial charge in [-0.2, -0.15) is 0 Å². The maximum absolute atomic E-state index is 12.0. The zero-order chi connectivity index (χ0) is 16.1. The highest BCUT2D eigenvalue weighted by Gasteiger charge is 2.35. The molecule has 0 saturated carbocycles. The first kappa shape index (κ1) is 19.9. The lowest BCUT2D eigenvalue weighted by Crippen LogP contribution is -2.38. The highest BCUT2D eigenvalue weighted by Crippen LogP contribution is 2.36. The zero-order valence-electron chi connectivity index (χ0n) is 14.0. The Labute approximate surface area is 130 Å². The smallest absolute Gasteiger partial charge is 0.223 e. The molecular formula is C17H34N2O2. The van der Waals surface area contributed by atoms with Gasteiger partial charge in [0.1, 0.15) is 0 Å². The van der Waals surface area contributed by atoms with Crippen molar-refractivity contribution in [2.24, 2.45) is 16.9 Å². The van der Waals surface area contributed by atoms with Gasteiger partial charge >= 0.3 is 0 Å². The van der Waals surface area contributed by atoms with E-state index in [1.54, 1.807) is 0 Å².